The van der Waals surface area contributed by atoms with Gasteiger partial charge in [0.1, 0.15) is 11.5 Å². The van der Waals surface area contributed by atoms with Crippen LogP contribution < -0.4 is 14.8 Å². The minimum Gasteiger partial charge on any atom is -0.496 e. The first-order valence-electron chi connectivity index (χ1n) is 5.48. The number of hydrogen-bond donors (Lipinski definition) is 1. The van der Waals surface area contributed by atoms with Crippen LogP contribution in [0.2, 0.25) is 0 Å². The van der Waals surface area contributed by atoms with E-state index in [1.54, 1.807) is 14.2 Å². The van der Waals surface area contributed by atoms with Gasteiger partial charge in [-0.3, -0.25) is 0 Å². The predicted octanol–water partition coefficient (Wildman–Crippen LogP) is 2.55. The molecule has 1 fully saturated rings. The topological polar surface area (TPSA) is 39.7 Å². The van der Waals surface area contributed by atoms with E-state index >= 15 is 0 Å². The zero-order valence-corrected chi connectivity index (χ0v) is 12.8. The molecule has 1 aromatic rings. The van der Waals surface area contributed by atoms with Crippen molar-refractivity contribution in [2.45, 2.75) is 6.04 Å². The zero-order valence-electron chi connectivity index (χ0n) is 10.4. The largest absolute Gasteiger partial charge is 0.496 e. The van der Waals surface area contributed by atoms with Crippen molar-refractivity contribution in [2.24, 2.45) is 0 Å². The normalized spacial score (nSPS) is 18.9. The first kappa shape index (κ1) is 15.6. The number of methoxy groups -OCH3 is 2. The summed E-state index contributed by atoms with van der Waals surface area (Å²) in [5.74, 6) is 1.63. The van der Waals surface area contributed by atoms with E-state index in [9.17, 15) is 0 Å². The molecule has 6 heteroatoms. The Labute approximate surface area is 122 Å². The standard InChI is InChI=1S/C12H16BrNO3.ClH/c1-15-11-6-9(13)12(16-2)5-8(11)10-7-17-4-3-14-10;/h5-6,10,14H,3-4,7H2,1-2H3;1H/t10-;/m1./s1. The summed E-state index contributed by atoms with van der Waals surface area (Å²) in [6, 6.07) is 4.06. The van der Waals surface area contributed by atoms with Crippen LogP contribution in [0.3, 0.4) is 0 Å². The Morgan fingerprint density at radius 2 is 2.00 bits per heavy atom. The highest BCUT2D eigenvalue weighted by molar-refractivity contribution is 9.10. The second kappa shape index (κ2) is 7.19. The van der Waals surface area contributed by atoms with Gasteiger partial charge in [0.2, 0.25) is 0 Å². The fraction of sp³-hybridized carbons (Fsp3) is 0.500. The van der Waals surface area contributed by atoms with Gasteiger partial charge in [-0.15, -0.1) is 12.4 Å². The first-order chi connectivity index (χ1) is 8.26. The van der Waals surface area contributed by atoms with Crippen molar-refractivity contribution in [2.75, 3.05) is 34.0 Å². The van der Waals surface area contributed by atoms with Crippen LogP contribution in [-0.2, 0) is 4.74 Å². The number of ether oxygens (including phenoxy) is 3. The number of nitrogens with one attached hydrogen (secondary N) is 1. The maximum Gasteiger partial charge on any atom is 0.133 e. The molecule has 0 bridgehead atoms. The van der Waals surface area contributed by atoms with E-state index in [0.29, 0.717) is 6.61 Å². The highest BCUT2D eigenvalue weighted by Crippen LogP contribution is 2.36. The molecule has 0 aliphatic carbocycles. The van der Waals surface area contributed by atoms with E-state index in [-0.39, 0.29) is 18.4 Å². The van der Waals surface area contributed by atoms with Gasteiger partial charge in [-0.05, 0) is 28.1 Å². The fourth-order valence-electron chi connectivity index (χ4n) is 1.92. The molecule has 0 radical (unpaired) electrons. The van der Waals surface area contributed by atoms with Crippen molar-refractivity contribution in [3.8, 4) is 11.5 Å². The summed E-state index contributed by atoms with van der Waals surface area (Å²) in [6.07, 6.45) is 0. The molecule has 1 aromatic carbocycles. The van der Waals surface area contributed by atoms with Gasteiger partial charge in [-0.2, -0.15) is 0 Å². The molecule has 0 spiro atoms. The van der Waals surface area contributed by atoms with Gasteiger partial charge in [0.05, 0.1) is 37.9 Å². The van der Waals surface area contributed by atoms with E-state index in [1.807, 2.05) is 12.1 Å². The Morgan fingerprint density at radius 1 is 1.28 bits per heavy atom. The van der Waals surface area contributed by atoms with Crippen LogP contribution in [-0.4, -0.2) is 34.0 Å². The molecule has 4 nitrogen and oxygen atoms in total. The fourth-order valence-corrected chi connectivity index (χ4v) is 2.41. The van der Waals surface area contributed by atoms with Crippen LogP contribution in [0.15, 0.2) is 16.6 Å². The summed E-state index contributed by atoms with van der Waals surface area (Å²) in [5, 5.41) is 3.41. The van der Waals surface area contributed by atoms with Crippen LogP contribution in [0.4, 0.5) is 0 Å². The number of hydrogen-bond acceptors (Lipinski definition) is 4. The Bertz CT molecular complexity index is 397. The van der Waals surface area contributed by atoms with Gasteiger partial charge < -0.3 is 19.5 Å². The summed E-state index contributed by atoms with van der Waals surface area (Å²) >= 11 is 3.45. The van der Waals surface area contributed by atoms with Crippen molar-refractivity contribution in [1.29, 1.82) is 0 Å². The summed E-state index contributed by atoms with van der Waals surface area (Å²) < 4.78 is 17.1. The molecule has 0 aromatic heterocycles. The monoisotopic (exact) mass is 337 g/mol. The van der Waals surface area contributed by atoms with Crippen LogP contribution in [0.1, 0.15) is 11.6 Å². The average molecular weight is 339 g/mol. The van der Waals surface area contributed by atoms with E-state index in [4.69, 9.17) is 14.2 Å². The van der Waals surface area contributed by atoms with E-state index in [0.717, 1.165) is 34.7 Å². The number of morpholine rings is 1. The number of benzene rings is 1. The second-order valence-corrected chi connectivity index (χ2v) is 4.66. The highest BCUT2D eigenvalue weighted by Gasteiger charge is 2.21. The highest BCUT2D eigenvalue weighted by atomic mass is 79.9. The molecule has 0 unspecified atom stereocenters. The van der Waals surface area contributed by atoms with Crippen molar-refractivity contribution in [3.63, 3.8) is 0 Å². The SMILES string of the molecule is COc1cc([C@H]2COCCN2)c(OC)cc1Br.Cl. The Morgan fingerprint density at radius 3 is 2.56 bits per heavy atom. The van der Waals surface area contributed by atoms with Gasteiger partial charge in [0.15, 0.2) is 0 Å². The summed E-state index contributed by atoms with van der Waals surface area (Å²) in [7, 11) is 3.32. The van der Waals surface area contributed by atoms with E-state index < -0.39 is 0 Å². The summed E-state index contributed by atoms with van der Waals surface area (Å²) in [6.45, 7) is 2.26. The molecule has 1 aliphatic rings. The molecule has 102 valence electrons. The molecule has 1 atom stereocenters. The van der Waals surface area contributed by atoms with Crippen LogP contribution in [0, 0.1) is 0 Å². The maximum absolute atomic E-state index is 5.47. The third kappa shape index (κ3) is 3.29. The lowest BCUT2D eigenvalue weighted by Gasteiger charge is -2.26. The van der Waals surface area contributed by atoms with Crippen molar-refractivity contribution < 1.29 is 14.2 Å². The molecule has 0 amide bonds. The lowest BCUT2D eigenvalue weighted by atomic mass is 10.1. The zero-order chi connectivity index (χ0) is 12.3. The maximum atomic E-state index is 5.47. The Kier molecular flexibility index (Phi) is 6.21. The molecule has 2 rings (SSSR count). The molecule has 18 heavy (non-hydrogen) atoms. The van der Waals surface area contributed by atoms with Crippen LogP contribution in [0.5, 0.6) is 11.5 Å². The van der Waals surface area contributed by atoms with Gasteiger partial charge in [0, 0.05) is 12.1 Å². The quantitative estimate of drug-likeness (QED) is 0.919. The summed E-state index contributed by atoms with van der Waals surface area (Å²) in [4.78, 5) is 0. The minimum atomic E-state index is 0. The molecule has 1 heterocycles. The molecular weight excluding hydrogens is 321 g/mol. The Hall–Kier alpha value is -0.490. The van der Waals surface area contributed by atoms with E-state index in [2.05, 4.69) is 21.2 Å². The predicted molar refractivity (Wildman–Crippen MR) is 76.1 cm³/mol. The lowest BCUT2D eigenvalue weighted by Crippen LogP contribution is -2.34. The minimum absolute atomic E-state index is 0. The molecule has 1 aliphatic heterocycles. The van der Waals surface area contributed by atoms with Crippen LogP contribution >= 0.6 is 28.3 Å². The second-order valence-electron chi connectivity index (χ2n) is 3.81. The molecule has 1 N–H and O–H groups in total. The van der Waals surface area contributed by atoms with Crippen molar-refractivity contribution >= 4 is 28.3 Å². The van der Waals surface area contributed by atoms with Crippen molar-refractivity contribution in [3.05, 3.63) is 22.2 Å². The average Bonchev–Trinajstić information content (AvgIpc) is 2.39. The third-order valence-electron chi connectivity index (χ3n) is 2.80. The van der Waals surface area contributed by atoms with Gasteiger partial charge in [0.25, 0.3) is 0 Å². The summed E-state index contributed by atoms with van der Waals surface area (Å²) in [5.41, 5.74) is 1.06. The van der Waals surface area contributed by atoms with Gasteiger partial charge in [-0.25, -0.2) is 0 Å². The van der Waals surface area contributed by atoms with Gasteiger partial charge >= 0.3 is 0 Å². The van der Waals surface area contributed by atoms with E-state index in [1.165, 1.54) is 0 Å². The smallest absolute Gasteiger partial charge is 0.133 e. The third-order valence-corrected chi connectivity index (χ3v) is 3.42. The van der Waals surface area contributed by atoms with Gasteiger partial charge in [-0.1, -0.05) is 0 Å². The lowest BCUT2D eigenvalue weighted by molar-refractivity contribution is 0.0760. The molecular formula is C12H17BrClNO3. The number of halogens is 2. The molecule has 0 saturated carbocycles. The number of rotatable bonds is 3. The van der Waals surface area contributed by atoms with Crippen LogP contribution in [0.25, 0.3) is 0 Å². The first-order valence-corrected chi connectivity index (χ1v) is 6.28. The Balaban J connectivity index is 0.00000162. The molecule has 1 saturated heterocycles. The van der Waals surface area contributed by atoms with Crippen molar-refractivity contribution in [1.82, 2.24) is 5.32 Å².